The number of nitrogens with one attached hydrogen (secondary N) is 2. The van der Waals surface area contributed by atoms with Gasteiger partial charge in [0.05, 0.1) is 13.1 Å². The van der Waals surface area contributed by atoms with Crippen LogP contribution in [0.15, 0.2) is 72.8 Å². The van der Waals surface area contributed by atoms with Crippen molar-refractivity contribution in [1.29, 1.82) is 0 Å². The molecule has 2 N–H and O–H groups in total. The molecule has 0 bridgehead atoms. The van der Waals surface area contributed by atoms with Gasteiger partial charge in [0.25, 0.3) is 0 Å². The Bertz CT molecular complexity index is 632. The number of para-hydroxylation sites is 2. The molecule has 0 fully saturated rings. The Hall–Kier alpha value is -3.10. The van der Waals surface area contributed by atoms with Crippen LogP contribution < -0.4 is 10.6 Å². The molecule has 0 saturated carbocycles. The van der Waals surface area contributed by atoms with Crippen molar-refractivity contribution < 1.29 is 0 Å². The summed E-state index contributed by atoms with van der Waals surface area (Å²) in [7, 11) is 0. The van der Waals surface area contributed by atoms with Gasteiger partial charge in [-0.2, -0.15) is 0 Å². The van der Waals surface area contributed by atoms with Gasteiger partial charge in [-0.1, -0.05) is 60.1 Å². The molecule has 2 rings (SSSR count). The average molecular weight is 286 g/mol. The molecule has 0 amide bonds. The molecular formula is C20H18N2. The summed E-state index contributed by atoms with van der Waals surface area (Å²) >= 11 is 0. The van der Waals surface area contributed by atoms with E-state index in [9.17, 15) is 0 Å². The van der Waals surface area contributed by atoms with Gasteiger partial charge < -0.3 is 10.6 Å². The highest BCUT2D eigenvalue weighted by Crippen LogP contribution is 2.03. The van der Waals surface area contributed by atoms with Gasteiger partial charge in [-0.05, 0) is 36.4 Å². The molecule has 0 atom stereocenters. The van der Waals surface area contributed by atoms with Gasteiger partial charge >= 0.3 is 0 Å². The van der Waals surface area contributed by atoms with Crippen LogP contribution in [-0.4, -0.2) is 13.1 Å². The smallest absolute Gasteiger partial charge is 0.0769 e. The number of rotatable bonds is 4. The SMILES string of the molecule is C(#CCNc1ccccc1)/C=C\C#CCNc1ccccc1. The molecule has 0 aromatic heterocycles. The van der Waals surface area contributed by atoms with Gasteiger partial charge in [-0.3, -0.25) is 0 Å². The Morgan fingerprint density at radius 1 is 0.636 bits per heavy atom. The Balaban J connectivity index is 1.62. The molecule has 108 valence electrons. The van der Waals surface area contributed by atoms with E-state index in [0.29, 0.717) is 13.1 Å². The Kier molecular flexibility index (Phi) is 6.78. The second kappa shape index (κ2) is 9.75. The van der Waals surface area contributed by atoms with Gasteiger partial charge in [-0.15, -0.1) is 0 Å². The lowest BCUT2D eigenvalue weighted by atomic mass is 10.3. The summed E-state index contributed by atoms with van der Waals surface area (Å²) in [6, 6.07) is 20.0. The van der Waals surface area contributed by atoms with E-state index < -0.39 is 0 Å². The zero-order valence-electron chi connectivity index (χ0n) is 12.3. The van der Waals surface area contributed by atoms with E-state index in [1.54, 1.807) is 12.2 Å². The minimum atomic E-state index is 0.622. The molecule has 2 heteroatoms. The quantitative estimate of drug-likeness (QED) is 0.836. The van der Waals surface area contributed by atoms with Crippen molar-refractivity contribution in [2.24, 2.45) is 0 Å². The first kappa shape index (κ1) is 15.3. The van der Waals surface area contributed by atoms with E-state index in [1.165, 1.54) is 0 Å². The van der Waals surface area contributed by atoms with Gasteiger partial charge in [-0.25, -0.2) is 0 Å². The lowest BCUT2D eigenvalue weighted by Gasteiger charge is -1.99. The summed E-state index contributed by atoms with van der Waals surface area (Å²) in [5, 5.41) is 6.44. The Morgan fingerprint density at radius 2 is 1.05 bits per heavy atom. The summed E-state index contributed by atoms with van der Waals surface area (Å²) < 4.78 is 0. The van der Waals surface area contributed by atoms with Crippen LogP contribution >= 0.6 is 0 Å². The van der Waals surface area contributed by atoms with Crippen molar-refractivity contribution >= 4 is 11.4 Å². The van der Waals surface area contributed by atoms with Crippen molar-refractivity contribution in [1.82, 2.24) is 0 Å². The fourth-order valence-corrected chi connectivity index (χ4v) is 1.71. The molecule has 0 radical (unpaired) electrons. The van der Waals surface area contributed by atoms with E-state index in [1.807, 2.05) is 60.7 Å². The summed E-state index contributed by atoms with van der Waals surface area (Å²) in [6.07, 6.45) is 3.53. The predicted octanol–water partition coefficient (Wildman–Crippen LogP) is 3.77. The van der Waals surface area contributed by atoms with Crippen molar-refractivity contribution in [3.05, 3.63) is 72.8 Å². The summed E-state index contributed by atoms with van der Waals surface area (Å²) in [6.45, 7) is 1.24. The van der Waals surface area contributed by atoms with E-state index in [-0.39, 0.29) is 0 Å². The highest BCUT2D eigenvalue weighted by molar-refractivity contribution is 5.44. The zero-order chi connectivity index (χ0) is 15.3. The van der Waals surface area contributed by atoms with Crippen molar-refractivity contribution in [3.8, 4) is 23.7 Å². The number of hydrogen-bond acceptors (Lipinski definition) is 2. The average Bonchev–Trinajstić information content (AvgIpc) is 2.58. The summed E-state index contributed by atoms with van der Waals surface area (Å²) in [5.74, 6) is 11.9. The largest absolute Gasteiger partial charge is 0.374 e. The lowest BCUT2D eigenvalue weighted by Crippen LogP contribution is -1.97. The maximum absolute atomic E-state index is 3.22. The van der Waals surface area contributed by atoms with E-state index >= 15 is 0 Å². The molecule has 0 aliphatic carbocycles. The molecule has 0 unspecified atom stereocenters. The first-order chi connectivity index (χ1) is 10.9. The molecule has 2 aromatic rings. The third-order valence-electron chi connectivity index (χ3n) is 2.76. The first-order valence-electron chi connectivity index (χ1n) is 7.15. The fourth-order valence-electron chi connectivity index (χ4n) is 1.71. The minimum absolute atomic E-state index is 0.622. The van der Waals surface area contributed by atoms with Gasteiger partial charge in [0.1, 0.15) is 0 Å². The van der Waals surface area contributed by atoms with E-state index in [4.69, 9.17) is 0 Å². The highest BCUT2D eigenvalue weighted by Gasteiger charge is 1.84. The number of hydrogen-bond donors (Lipinski definition) is 2. The van der Waals surface area contributed by atoms with Crippen LogP contribution in [0.3, 0.4) is 0 Å². The molecule has 0 aliphatic rings. The van der Waals surface area contributed by atoms with Crippen LogP contribution in [0.1, 0.15) is 0 Å². The van der Waals surface area contributed by atoms with Crippen LogP contribution in [0.4, 0.5) is 11.4 Å². The number of benzene rings is 2. The second-order valence-corrected chi connectivity index (χ2v) is 4.41. The van der Waals surface area contributed by atoms with E-state index in [0.717, 1.165) is 11.4 Å². The maximum atomic E-state index is 3.22. The molecular weight excluding hydrogens is 268 g/mol. The van der Waals surface area contributed by atoms with Gasteiger partial charge in [0.2, 0.25) is 0 Å². The fraction of sp³-hybridized carbons (Fsp3) is 0.100. The highest BCUT2D eigenvalue weighted by atomic mass is 14.9. The van der Waals surface area contributed by atoms with Crippen LogP contribution in [-0.2, 0) is 0 Å². The standard InChI is InChI=1S/C20H18N2/c1(3-11-17-21-19-13-7-5-8-14-19)2-4-12-18-22-20-15-9-6-10-16-20/h1-2,5-10,13-16,21-22H,17-18H2/b2-1-. The molecule has 2 aromatic carbocycles. The Morgan fingerprint density at radius 3 is 1.45 bits per heavy atom. The zero-order valence-corrected chi connectivity index (χ0v) is 12.3. The van der Waals surface area contributed by atoms with Crippen molar-refractivity contribution in [3.63, 3.8) is 0 Å². The van der Waals surface area contributed by atoms with Gasteiger partial charge in [0.15, 0.2) is 0 Å². The van der Waals surface area contributed by atoms with Crippen molar-refractivity contribution in [2.75, 3.05) is 23.7 Å². The lowest BCUT2D eigenvalue weighted by molar-refractivity contribution is 1.38. The number of anilines is 2. The predicted molar refractivity (Wildman–Crippen MR) is 94.6 cm³/mol. The Labute approximate surface area is 132 Å². The topological polar surface area (TPSA) is 24.1 Å². The summed E-state index contributed by atoms with van der Waals surface area (Å²) in [5.41, 5.74) is 2.15. The number of allylic oxidation sites excluding steroid dienone is 2. The van der Waals surface area contributed by atoms with Crippen LogP contribution in [0.25, 0.3) is 0 Å². The normalized spacial score (nSPS) is 9.27. The third kappa shape index (κ3) is 6.37. The third-order valence-corrected chi connectivity index (χ3v) is 2.76. The molecule has 0 spiro atoms. The first-order valence-corrected chi connectivity index (χ1v) is 7.15. The maximum Gasteiger partial charge on any atom is 0.0769 e. The molecule has 0 heterocycles. The molecule has 2 nitrogen and oxygen atoms in total. The van der Waals surface area contributed by atoms with Gasteiger partial charge in [0, 0.05) is 11.4 Å². The minimum Gasteiger partial charge on any atom is -0.374 e. The van der Waals surface area contributed by atoms with E-state index in [2.05, 4.69) is 34.3 Å². The van der Waals surface area contributed by atoms with Crippen LogP contribution in [0.2, 0.25) is 0 Å². The monoisotopic (exact) mass is 286 g/mol. The van der Waals surface area contributed by atoms with Crippen LogP contribution in [0.5, 0.6) is 0 Å². The molecule has 0 saturated heterocycles. The summed E-state index contributed by atoms with van der Waals surface area (Å²) in [4.78, 5) is 0. The molecule has 22 heavy (non-hydrogen) atoms. The van der Waals surface area contributed by atoms with Crippen LogP contribution in [0, 0.1) is 23.7 Å². The van der Waals surface area contributed by atoms with Crippen molar-refractivity contribution in [2.45, 2.75) is 0 Å². The molecule has 0 aliphatic heterocycles. The second-order valence-electron chi connectivity index (χ2n) is 4.41.